The quantitative estimate of drug-likeness (QED) is 0.809. The summed E-state index contributed by atoms with van der Waals surface area (Å²) in [5.74, 6) is 0.368. The van der Waals surface area contributed by atoms with E-state index >= 15 is 0 Å². The minimum atomic E-state index is -0.805. The van der Waals surface area contributed by atoms with Crippen LogP contribution in [0.4, 0.5) is 0 Å². The Morgan fingerprint density at radius 2 is 2.05 bits per heavy atom. The van der Waals surface area contributed by atoms with Crippen LogP contribution in [0.5, 0.6) is 0 Å². The van der Waals surface area contributed by atoms with Crippen LogP contribution >= 0.6 is 11.6 Å². The Hall–Kier alpha value is -1.85. The van der Waals surface area contributed by atoms with Gasteiger partial charge in [0.2, 0.25) is 0 Å². The van der Waals surface area contributed by atoms with Gasteiger partial charge in [-0.3, -0.25) is 4.79 Å². The number of imidazole rings is 1. The first-order chi connectivity index (χ1) is 9.47. The van der Waals surface area contributed by atoms with Gasteiger partial charge in [0.05, 0.1) is 18.3 Å². The number of rotatable bonds is 4. The Balaban J connectivity index is 2.02. The fraction of sp³-hybridized carbons (Fsp3) is 0.286. The lowest BCUT2D eigenvalue weighted by Crippen LogP contribution is -2.37. The summed E-state index contributed by atoms with van der Waals surface area (Å²) >= 11 is 5.80. The summed E-state index contributed by atoms with van der Waals surface area (Å²) in [7, 11) is 0. The highest BCUT2D eigenvalue weighted by Gasteiger charge is 2.19. The summed E-state index contributed by atoms with van der Waals surface area (Å²) in [4.78, 5) is 18.8. The fourth-order valence-corrected chi connectivity index (χ4v) is 1.97. The molecule has 6 heteroatoms. The molecule has 2 rings (SSSR count). The highest BCUT2D eigenvalue weighted by Crippen LogP contribution is 2.19. The van der Waals surface area contributed by atoms with E-state index in [1.54, 1.807) is 38.1 Å². The van der Waals surface area contributed by atoms with E-state index in [9.17, 15) is 9.90 Å². The second kappa shape index (κ2) is 6.07. The van der Waals surface area contributed by atoms with Crippen LogP contribution in [0.1, 0.15) is 34.9 Å². The van der Waals surface area contributed by atoms with Crippen LogP contribution in [-0.2, 0) is 0 Å². The molecule has 0 saturated heterocycles. The molecule has 5 nitrogen and oxygen atoms in total. The summed E-state index contributed by atoms with van der Waals surface area (Å²) in [6.45, 7) is 3.50. The van der Waals surface area contributed by atoms with Gasteiger partial charge in [-0.1, -0.05) is 23.7 Å². The van der Waals surface area contributed by atoms with Crippen molar-refractivity contribution >= 4 is 17.5 Å². The molecule has 1 aromatic carbocycles. The number of aromatic amines is 1. The van der Waals surface area contributed by atoms with E-state index < -0.39 is 12.1 Å². The maximum atomic E-state index is 11.9. The number of aliphatic hydroxyl groups is 1. The van der Waals surface area contributed by atoms with Crippen molar-refractivity contribution in [3.63, 3.8) is 0 Å². The van der Waals surface area contributed by atoms with Gasteiger partial charge in [0, 0.05) is 5.02 Å². The molecule has 0 aliphatic heterocycles. The van der Waals surface area contributed by atoms with Gasteiger partial charge in [0.25, 0.3) is 5.91 Å². The number of halogens is 1. The number of hydrogen-bond donors (Lipinski definition) is 3. The highest BCUT2D eigenvalue weighted by atomic mass is 35.5. The number of carbonyl (C=O) groups excluding carboxylic acids is 1. The average molecular weight is 294 g/mol. The van der Waals surface area contributed by atoms with Crippen LogP contribution in [0.3, 0.4) is 0 Å². The maximum Gasteiger partial charge on any atom is 0.269 e. The second-order valence-electron chi connectivity index (χ2n) is 4.64. The third-order valence-electron chi connectivity index (χ3n) is 2.99. The van der Waals surface area contributed by atoms with Crippen LogP contribution in [0.2, 0.25) is 5.02 Å². The van der Waals surface area contributed by atoms with Crippen molar-refractivity contribution in [3.8, 4) is 0 Å². The van der Waals surface area contributed by atoms with Crippen LogP contribution < -0.4 is 5.32 Å². The molecule has 106 valence electrons. The lowest BCUT2D eigenvalue weighted by Gasteiger charge is -2.20. The molecule has 2 atom stereocenters. The summed E-state index contributed by atoms with van der Waals surface area (Å²) in [5.41, 5.74) is 1.07. The smallest absolute Gasteiger partial charge is 0.269 e. The van der Waals surface area contributed by atoms with E-state index in [4.69, 9.17) is 11.6 Å². The average Bonchev–Trinajstić information content (AvgIpc) is 2.85. The zero-order valence-electron chi connectivity index (χ0n) is 11.2. The standard InChI is InChI=1S/C14H16ClN3O2/c1-8(13(19)10-3-5-11(15)6-4-10)17-14(20)12-7-16-9(2)18-12/h3-8,13,19H,1-2H3,(H,16,18)(H,17,20)/t8-,13+/m0/s1. The third kappa shape index (κ3) is 3.37. The van der Waals surface area contributed by atoms with E-state index in [1.807, 2.05) is 0 Å². The van der Waals surface area contributed by atoms with E-state index in [-0.39, 0.29) is 5.91 Å². The Morgan fingerprint density at radius 1 is 1.40 bits per heavy atom. The lowest BCUT2D eigenvalue weighted by molar-refractivity contribution is 0.0847. The number of amides is 1. The molecule has 1 amide bonds. The van der Waals surface area contributed by atoms with Gasteiger partial charge in [-0.25, -0.2) is 4.98 Å². The van der Waals surface area contributed by atoms with Gasteiger partial charge in [-0.2, -0.15) is 0 Å². The van der Waals surface area contributed by atoms with Crippen LogP contribution in [0, 0.1) is 6.92 Å². The molecule has 0 radical (unpaired) electrons. The van der Waals surface area contributed by atoms with Gasteiger partial charge in [0.15, 0.2) is 0 Å². The van der Waals surface area contributed by atoms with E-state index in [2.05, 4.69) is 15.3 Å². The number of nitrogens with zero attached hydrogens (tertiary/aromatic N) is 1. The zero-order chi connectivity index (χ0) is 14.7. The summed E-state index contributed by atoms with van der Waals surface area (Å²) in [5, 5.41) is 13.5. The van der Waals surface area contributed by atoms with Gasteiger partial charge in [-0.05, 0) is 31.5 Å². The minimum absolute atomic E-state index is 0.300. The van der Waals surface area contributed by atoms with Gasteiger partial charge < -0.3 is 15.4 Å². The predicted molar refractivity (Wildman–Crippen MR) is 76.7 cm³/mol. The largest absolute Gasteiger partial charge is 0.386 e. The number of nitrogens with one attached hydrogen (secondary N) is 2. The van der Waals surface area contributed by atoms with Gasteiger partial charge in [-0.15, -0.1) is 0 Å². The third-order valence-corrected chi connectivity index (χ3v) is 3.24. The van der Waals surface area contributed by atoms with Crippen molar-refractivity contribution in [1.29, 1.82) is 0 Å². The second-order valence-corrected chi connectivity index (χ2v) is 5.08. The molecule has 3 N–H and O–H groups in total. The first-order valence-electron chi connectivity index (χ1n) is 6.23. The molecule has 1 aromatic heterocycles. The van der Waals surface area contributed by atoms with Gasteiger partial charge >= 0.3 is 0 Å². The van der Waals surface area contributed by atoms with Crippen molar-refractivity contribution in [3.05, 3.63) is 52.6 Å². The van der Waals surface area contributed by atoms with Crippen LogP contribution in [-0.4, -0.2) is 27.0 Å². The highest BCUT2D eigenvalue weighted by molar-refractivity contribution is 6.30. The minimum Gasteiger partial charge on any atom is -0.386 e. The normalized spacial score (nSPS) is 13.8. The molecular weight excluding hydrogens is 278 g/mol. The molecule has 0 unspecified atom stereocenters. The molecule has 1 heterocycles. The van der Waals surface area contributed by atoms with Gasteiger partial charge in [0.1, 0.15) is 11.5 Å². The predicted octanol–water partition coefficient (Wildman–Crippen LogP) is 2.22. The van der Waals surface area contributed by atoms with Crippen LogP contribution in [0.15, 0.2) is 30.5 Å². The van der Waals surface area contributed by atoms with E-state index in [1.165, 1.54) is 6.20 Å². The molecule has 2 aromatic rings. The fourth-order valence-electron chi connectivity index (χ4n) is 1.85. The Bertz CT molecular complexity index is 595. The molecule has 0 spiro atoms. The molecule has 20 heavy (non-hydrogen) atoms. The van der Waals surface area contributed by atoms with Crippen molar-refractivity contribution in [2.24, 2.45) is 0 Å². The molecule has 0 fully saturated rings. The number of aryl methyl sites for hydroxylation is 1. The van der Waals surface area contributed by atoms with Crippen LogP contribution in [0.25, 0.3) is 0 Å². The molecule has 0 aliphatic carbocycles. The Morgan fingerprint density at radius 3 is 2.60 bits per heavy atom. The molecule has 0 saturated carbocycles. The first kappa shape index (κ1) is 14.6. The number of hydrogen-bond acceptors (Lipinski definition) is 3. The maximum absolute atomic E-state index is 11.9. The lowest BCUT2D eigenvalue weighted by atomic mass is 10.0. The van der Waals surface area contributed by atoms with E-state index in [0.717, 1.165) is 0 Å². The Kier molecular flexibility index (Phi) is 4.42. The summed E-state index contributed by atoms with van der Waals surface area (Å²) < 4.78 is 0. The number of aromatic nitrogens is 2. The number of benzene rings is 1. The van der Waals surface area contributed by atoms with E-state index in [0.29, 0.717) is 22.1 Å². The zero-order valence-corrected chi connectivity index (χ0v) is 12.0. The number of carbonyl (C=O) groups is 1. The Labute approximate surface area is 122 Å². The summed E-state index contributed by atoms with van der Waals surface area (Å²) in [6.07, 6.45) is 0.659. The van der Waals surface area contributed by atoms with Crippen molar-refractivity contribution in [2.45, 2.75) is 26.0 Å². The SMILES string of the molecule is Cc1ncc(C(=O)N[C@@H](C)[C@@H](O)c2ccc(Cl)cc2)[nH]1. The summed E-state index contributed by atoms with van der Waals surface area (Å²) in [6, 6.07) is 6.43. The van der Waals surface area contributed by atoms with Crippen molar-refractivity contribution < 1.29 is 9.90 Å². The monoisotopic (exact) mass is 293 g/mol. The molecule has 0 bridgehead atoms. The molecule has 0 aliphatic rings. The topological polar surface area (TPSA) is 78.0 Å². The molecular formula is C14H16ClN3O2. The van der Waals surface area contributed by atoms with Crippen molar-refractivity contribution in [1.82, 2.24) is 15.3 Å². The number of aliphatic hydroxyl groups excluding tert-OH is 1. The number of H-pyrrole nitrogens is 1. The first-order valence-corrected chi connectivity index (χ1v) is 6.61. The van der Waals surface area contributed by atoms with Crippen molar-refractivity contribution in [2.75, 3.05) is 0 Å².